The van der Waals surface area contributed by atoms with Crippen molar-refractivity contribution in [2.75, 3.05) is 5.32 Å². The lowest BCUT2D eigenvalue weighted by Gasteiger charge is -2.26. The minimum absolute atomic E-state index is 0.233. The van der Waals surface area contributed by atoms with Crippen LogP contribution in [0.5, 0.6) is 0 Å². The normalized spacial score (nSPS) is 18.8. The van der Waals surface area contributed by atoms with Crippen LogP contribution in [0.25, 0.3) is 11.3 Å². The third-order valence-electron chi connectivity index (χ3n) is 5.88. The van der Waals surface area contributed by atoms with Crippen molar-refractivity contribution in [3.8, 4) is 11.3 Å². The summed E-state index contributed by atoms with van der Waals surface area (Å²) in [6.07, 6.45) is -1.27. The molecule has 3 aromatic rings. The highest BCUT2D eigenvalue weighted by atomic mass is 19.4. The van der Waals surface area contributed by atoms with Gasteiger partial charge >= 0.3 is 12.1 Å². The van der Waals surface area contributed by atoms with Gasteiger partial charge in [0, 0.05) is 11.3 Å². The molecule has 1 aliphatic rings. The molecule has 0 unspecified atom stereocenters. The summed E-state index contributed by atoms with van der Waals surface area (Å²) in [4.78, 5) is 11.1. The molecule has 0 aliphatic heterocycles. The lowest BCUT2D eigenvalue weighted by atomic mass is 9.78. The Kier molecular flexibility index (Phi) is 6.12. The first-order valence-electron chi connectivity index (χ1n) is 10.4. The molecule has 1 fully saturated rings. The van der Waals surface area contributed by atoms with Crippen LogP contribution in [0.2, 0.25) is 0 Å². The summed E-state index contributed by atoms with van der Waals surface area (Å²) in [7, 11) is 0. The maximum absolute atomic E-state index is 12.9. The van der Waals surface area contributed by atoms with Crippen molar-refractivity contribution in [1.82, 2.24) is 10.2 Å². The smallest absolute Gasteiger partial charge is 0.416 e. The summed E-state index contributed by atoms with van der Waals surface area (Å²) in [5, 5.41) is 20.3. The van der Waals surface area contributed by atoms with E-state index in [2.05, 4.69) is 15.5 Å². The van der Waals surface area contributed by atoms with Gasteiger partial charge in [0.1, 0.15) is 0 Å². The number of rotatable bonds is 5. The molecule has 8 heteroatoms. The van der Waals surface area contributed by atoms with E-state index in [1.165, 1.54) is 17.7 Å². The molecule has 166 valence electrons. The van der Waals surface area contributed by atoms with Crippen LogP contribution in [-0.2, 0) is 11.0 Å². The Labute approximate surface area is 183 Å². The first-order chi connectivity index (χ1) is 15.3. The standard InChI is InChI=1S/C24H22F3N3O2/c25-24(26,27)19-2-1-3-20(14-19)28-22-13-12-21(29-30-22)17-8-4-15(5-9-17)16-6-10-18(11-7-16)23(31)32/h1-5,8-9,12-14,16,18H,6-7,10-11H2,(H,28,30)(H,31,32). The van der Waals surface area contributed by atoms with Gasteiger partial charge < -0.3 is 10.4 Å². The highest BCUT2D eigenvalue weighted by Gasteiger charge is 2.30. The van der Waals surface area contributed by atoms with E-state index in [0.717, 1.165) is 30.5 Å². The highest BCUT2D eigenvalue weighted by molar-refractivity contribution is 5.70. The minimum atomic E-state index is -4.41. The van der Waals surface area contributed by atoms with Crippen molar-refractivity contribution in [3.63, 3.8) is 0 Å². The molecule has 0 amide bonds. The molecular formula is C24H22F3N3O2. The molecule has 4 rings (SSSR count). The number of alkyl halides is 3. The van der Waals surface area contributed by atoms with Gasteiger partial charge in [-0.15, -0.1) is 10.2 Å². The van der Waals surface area contributed by atoms with Crippen molar-refractivity contribution in [2.24, 2.45) is 5.92 Å². The predicted molar refractivity (Wildman–Crippen MR) is 115 cm³/mol. The van der Waals surface area contributed by atoms with Crippen LogP contribution in [-0.4, -0.2) is 21.3 Å². The number of carboxylic acids is 1. The molecule has 1 saturated carbocycles. The van der Waals surface area contributed by atoms with Crippen LogP contribution in [0.1, 0.15) is 42.7 Å². The zero-order chi connectivity index (χ0) is 22.7. The molecule has 0 bridgehead atoms. The lowest BCUT2D eigenvalue weighted by Crippen LogP contribution is -2.20. The van der Waals surface area contributed by atoms with E-state index >= 15 is 0 Å². The molecule has 2 aromatic carbocycles. The van der Waals surface area contributed by atoms with Gasteiger partial charge in [-0.25, -0.2) is 0 Å². The van der Waals surface area contributed by atoms with E-state index in [0.29, 0.717) is 30.3 Å². The van der Waals surface area contributed by atoms with Crippen molar-refractivity contribution in [2.45, 2.75) is 37.8 Å². The first kappa shape index (κ1) is 21.8. The summed E-state index contributed by atoms with van der Waals surface area (Å²) in [5.41, 5.74) is 2.27. The SMILES string of the molecule is O=C(O)C1CCC(c2ccc(-c3ccc(Nc4cccc(C(F)(F)F)c4)nn3)cc2)CC1. The van der Waals surface area contributed by atoms with Crippen molar-refractivity contribution in [3.05, 3.63) is 71.8 Å². The molecule has 1 heterocycles. The molecule has 0 spiro atoms. The molecule has 32 heavy (non-hydrogen) atoms. The molecule has 0 radical (unpaired) electrons. The minimum Gasteiger partial charge on any atom is -0.481 e. The van der Waals surface area contributed by atoms with Gasteiger partial charge in [-0.3, -0.25) is 4.79 Å². The predicted octanol–water partition coefficient (Wildman–Crippen LogP) is 6.26. The fourth-order valence-electron chi connectivity index (χ4n) is 4.07. The Morgan fingerprint density at radius 3 is 2.25 bits per heavy atom. The third kappa shape index (κ3) is 5.07. The van der Waals surface area contributed by atoms with Crippen LogP contribution in [0.15, 0.2) is 60.7 Å². The number of halogens is 3. The summed E-state index contributed by atoms with van der Waals surface area (Å²) >= 11 is 0. The molecule has 1 aliphatic carbocycles. The first-order valence-corrected chi connectivity index (χ1v) is 10.4. The molecule has 0 atom stereocenters. The van der Waals surface area contributed by atoms with Crippen molar-refractivity contribution < 1.29 is 23.1 Å². The van der Waals surface area contributed by atoms with E-state index in [1.54, 1.807) is 12.1 Å². The van der Waals surface area contributed by atoms with E-state index in [4.69, 9.17) is 5.11 Å². The van der Waals surface area contributed by atoms with Gasteiger partial charge in [0.25, 0.3) is 0 Å². The Bertz CT molecular complexity index is 1070. The number of aromatic nitrogens is 2. The molecule has 5 nitrogen and oxygen atoms in total. The number of aliphatic carboxylic acids is 1. The maximum Gasteiger partial charge on any atom is 0.416 e. The van der Waals surface area contributed by atoms with Gasteiger partial charge in [0.15, 0.2) is 5.82 Å². The fraction of sp³-hybridized carbons (Fsp3) is 0.292. The Morgan fingerprint density at radius 2 is 1.66 bits per heavy atom. The van der Waals surface area contributed by atoms with E-state index in [-0.39, 0.29) is 11.6 Å². The van der Waals surface area contributed by atoms with E-state index < -0.39 is 17.7 Å². The quantitative estimate of drug-likeness (QED) is 0.488. The second kappa shape index (κ2) is 8.98. The maximum atomic E-state index is 12.9. The van der Waals surface area contributed by atoms with E-state index in [1.807, 2.05) is 24.3 Å². The highest BCUT2D eigenvalue weighted by Crippen LogP contribution is 2.36. The zero-order valence-corrected chi connectivity index (χ0v) is 17.1. The number of nitrogens with one attached hydrogen (secondary N) is 1. The van der Waals surface area contributed by atoms with Gasteiger partial charge in [0.2, 0.25) is 0 Å². The van der Waals surface area contributed by atoms with E-state index in [9.17, 15) is 18.0 Å². The summed E-state index contributed by atoms with van der Waals surface area (Å²) in [5.74, 6) is -0.225. The zero-order valence-electron chi connectivity index (χ0n) is 17.1. The van der Waals surface area contributed by atoms with Gasteiger partial charge in [-0.05, 0) is 67.5 Å². The monoisotopic (exact) mass is 441 g/mol. The number of carboxylic acid groups (broad SMARTS) is 1. The second-order valence-corrected chi connectivity index (χ2v) is 8.02. The average Bonchev–Trinajstić information content (AvgIpc) is 2.79. The van der Waals surface area contributed by atoms with Crippen LogP contribution in [0.4, 0.5) is 24.7 Å². The Balaban J connectivity index is 1.41. The Morgan fingerprint density at radius 1 is 0.938 bits per heavy atom. The molecular weight excluding hydrogens is 419 g/mol. The largest absolute Gasteiger partial charge is 0.481 e. The van der Waals surface area contributed by atoms with Crippen LogP contribution in [0, 0.1) is 5.92 Å². The number of nitrogens with zero attached hydrogens (tertiary/aromatic N) is 2. The molecule has 0 saturated heterocycles. The van der Waals surface area contributed by atoms with Gasteiger partial charge in [0.05, 0.1) is 17.2 Å². The van der Waals surface area contributed by atoms with Crippen LogP contribution in [0.3, 0.4) is 0 Å². The van der Waals surface area contributed by atoms with Crippen molar-refractivity contribution >= 4 is 17.5 Å². The lowest BCUT2D eigenvalue weighted by molar-refractivity contribution is -0.143. The number of hydrogen-bond donors (Lipinski definition) is 2. The second-order valence-electron chi connectivity index (χ2n) is 8.02. The average molecular weight is 441 g/mol. The van der Waals surface area contributed by atoms with Crippen LogP contribution < -0.4 is 5.32 Å². The van der Waals surface area contributed by atoms with Gasteiger partial charge in [-0.1, -0.05) is 30.3 Å². The van der Waals surface area contributed by atoms with Crippen LogP contribution >= 0.6 is 0 Å². The molecule has 2 N–H and O–H groups in total. The van der Waals surface area contributed by atoms with Crippen molar-refractivity contribution in [1.29, 1.82) is 0 Å². The number of anilines is 2. The molecule has 1 aromatic heterocycles. The summed E-state index contributed by atoms with van der Waals surface area (Å²) in [6.45, 7) is 0. The number of carbonyl (C=O) groups is 1. The number of benzene rings is 2. The summed E-state index contributed by atoms with van der Waals surface area (Å²) in [6, 6.07) is 16.3. The topological polar surface area (TPSA) is 75.1 Å². The number of hydrogen-bond acceptors (Lipinski definition) is 4. The summed E-state index contributed by atoms with van der Waals surface area (Å²) < 4.78 is 38.6. The Hall–Kier alpha value is -3.42. The van der Waals surface area contributed by atoms with Gasteiger partial charge in [-0.2, -0.15) is 13.2 Å². The fourth-order valence-corrected chi connectivity index (χ4v) is 4.07. The third-order valence-corrected chi connectivity index (χ3v) is 5.88.